The van der Waals surface area contributed by atoms with E-state index in [2.05, 4.69) is 34.6 Å². The lowest BCUT2D eigenvalue weighted by Crippen LogP contribution is -2.59. The van der Waals surface area contributed by atoms with Crippen molar-refractivity contribution < 1.29 is 0 Å². The van der Waals surface area contributed by atoms with Crippen molar-refractivity contribution in [1.82, 2.24) is 0 Å². The fourth-order valence-electron chi connectivity index (χ4n) is 7.42. The zero-order valence-electron chi connectivity index (χ0n) is 14.3. The molecule has 6 saturated carbocycles. The average molecular weight is 274 g/mol. The van der Waals surface area contributed by atoms with E-state index in [1.54, 1.807) is 25.7 Å². The molecule has 0 radical (unpaired) electrons. The molecule has 0 N–H and O–H groups in total. The molecule has 0 aromatic heterocycles. The fraction of sp³-hybridized carbons (Fsp3) is 1.00. The highest BCUT2D eigenvalue weighted by atomic mass is 14.7. The highest BCUT2D eigenvalue weighted by molar-refractivity contribution is 5.10. The summed E-state index contributed by atoms with van der Waals surface area (Å²) in [6.07, 6.45) is 10.8. The summed E-state index contributed by atoms with van der Waals surface area (Å²) in [5.41, 5.74) is 1.99. The number of hydrogen-bond acceptors (Lipinski definition) is 0. The van der Waals surface area contributed by atoms with E-state index in [-0.39, 0.29) is 0 Å². The first kappa shape index (κ1) is 13.6. The van der Waals surface area contributed by atoms with Gasteiger partial charge < -0.3 is 0 Å². The molecular weight excluding hydrogens is 240 g/mol. The molecule has 0 aromatic rings. The Labute approximate surface area is 126 Å². The molecule has 6 rings (SSSR count). The van der Waals surface area contributed by atoms with E-state index in [9.17, 15) is 0 Å². The Morgan fingerprint density at radius 1 is 0.800 bits per heavy atom. The van der Waals surface area contributed by atoms with E-state index in [1.807, 2.05) is 0 Å². The Hall–Kier alpha value is 0. The molecule has 0 amide bonds. The van der Waals surface area contributed by atoms with Gasteiger partial charge in [0.25, 0.3) is 0 Å². The fourth-order valence-corrected chi connectivity index (χ4v) is 7.42. The van der Waals surface area contributed by atoms with Crippen LogP contribution < -0.4 is 0 Å². The van der Waals surface area contributed by atoms with Crippen LogP contribution in [0.4, 0.5) is 0 Å². The molecular formula is C20H34. The van der Waals surface area contributed by atoms with Gasteiger partial charge in [-0.2, -0.15) is 0 Å². The second-order valence-electron chi connectivity index (χ2n) is 10.4. The van der Waals surface area contributed by atoms with E-state index in [1.165, 1.54) is 19.3 Å². The summed E-state index contributed by atoms with van der Waals surface area (Å²) >= 11 is 0. The number of fused-ring (bicyclic) bond motifs is 4. The van der Waals surface area contributed by atoms with Crippen LogP contribution in [0.25, 0.3) is 0 Å². The van der Waals surface area contributed by atoms with Crippen LogP contribution in [0, 0.1) is 45.8 Å². The molecule has 114 valence electrons. The molecule has 6 fully saturated rings. The second-order valence-corrected chi connectivity index (χ2v) is 10.4. The highest BCUT2D eigenvalue weighted by Gasteiger charge is 2.61. The Bertz CT molecular complexity index is 414. The van der Waals surface area contributed by atoms with Gasteiger partial charge >= 0.3 is 0 Å². The summed E-state index contributed by atoms with van der Waals surface area (Å²) in [7, 11) is 0. The summed E-state index contributed by atoms with van der Waals surface area (Å²) in [5, 5.41) is 0. The summed E-state index contributed by atoms with van der Waals surface area (Å²) in [4.78, 5) is 0. The van der Waals surface area contributed by atoms with Gasteiger partial charge in [-0.15, -0.1) is 0 Å². The molecule has 0 heterocycles. The van der Waals surface area contributed by atoms with Crippen molar-refractivity contribution in [2.75, 3.05) is 0 Å². The maximum Gasteiger partial charge on any atom is -0.0289 e. The van der Waals surface area contributed by atoms with E-state index in [0.29, 0.717) is 16.2 Å². The van der Waals surface area contributed by atoms with Gasteiger partial charge in [0.15, 0.2) is 0 Å². The molecule has 6 unspecified atom stereocenters. The SMILES string of the molecule is CC1(CC2CCC3CC2C3(C)C)CCC2CC1C2(C)C. The second kappa shape index (κ2) is 3.85. The van der Waals surface area contributed by atoms with Crippen LogP contribution in [0.3, 0.4) is 0 Å². The zero-order valence-corrected chi connectivity index (χ0v) is 14.3. The Morgan fingerprint density at radius 2 is 1.50 bits per heavy atom. The summed E-state index contributed by atoms with van der Waals surface area (Å²) in [6, 6.07) is 0. The van der Waals surface area contributed by atoms with Crippen molar-refractivity contribution in [3.8, 4) is 0 Å². The van der Waals surface area contributed by atoms with Crippen LogP contribution in [0.1, 0.15) is 79.6 Å². The third-order valence-electron chi connectivity index (χ3n) is 9.11. The Morgan fingerprint density at radius 3 is 2.05 bits per heavy atom. The van der Waals surface area contributed by atoms with Crippen LogP contribution in [0.5, 0.6) is 0 Å². The Balaban J connectivity index is 1.51. The lowest BCUT2D eigenvalue weighted by atomic mass is 9.38. The van der Waals surface area contributed by atoms with Crippen LogP contribution in [0.15, 0.2) is 0 Å². The van der Waals surface area contributed by atoms with E-state index in [0.717, 1.165) is 29.6 Å². The van der Waals surface area contributed by atoms with Crippen molar-refractivity contribution >= 4 is 0 Å². The molecule has 0 nitrogen and oxygen atoms in total. The molecule has 0 spiro atoms. The third-order valence-corrected chi connectivity index (χ3v) is 9.11. The van der Waals surface area contributed by atoms with Crippen molar-refractivity contribution in [3.05, 3.63) is 0 Å². The monoisotopic (exact) mass is 274 g/mol. The molecule has 6 atom stereocenters. The lowest BCUT2D eigenvalue weighted by Gasteiger charge is -2.67. The maximum atomic E-state index is 2.66. The van der Waals surface area contributed by atoms with E-state index < -0.39 is 0 Å². The zero-order chi connectivity index (χ0) is 14.3. The van der Waals surface area contributed by atoms with Gasteiger partial charge in [0.1, 0.15) is 0 Å². The lowest BCUT2D eigenvalue weighted by molar-refractivity contribution is -0.177. The van der Waals surface area contributed by atoms with E-state index >= 15 is 0 Å². The van der Waals surface area contributed by atoms with Crippen LogP contribution in [-0.2, 0) is 0 Å². The first-order chi connectivity index (χ1) is 9.25. The third kappa shape index (κ3) is 1.55. The minimum Gasteiger partial charge on any atom is -0.0594 e. The molecule has 6 aliphatic carbocycles. The van der Waals surface area contributed by atoms with Gasteiger partial charge in [-0.3, -0.25) is 0 Å². The topological polar surface area (TPSA) is 0 Å². The molecule has 0 aromatic carbocycles. The molecule has 0 saturated heterocycles. The molecule has 6 aliphatic rings. The summed E-state index contributed by atoms with van der Waals surface area (Å²) in [6.45, 7) is 12.9. The first-order valence-corrected chi connectivity index (χ1v) is 9.25. The van der Waals surface area contributed by atoms with Gasteiger partial charge in [-0.1, -0.05) is 34.6 Å². The predicted molar refractivity (Wildman–Crippen MR) is 85.4 cm³/mol. The largest absolute Gasteiger partial charge is 0.0594 e. The van der Waals surface area contributed by atoms with Crippen LogP contribution in [0.2, 0.25) is 0 Å². The molecule has 4 bridgehead atoms. The van der Waals surface area contributed by atoms with Gasteiger partial charge in [-0.05, 0) is 90.8 Å². The van der Waals surface area contributed by atoms with Gasteiger partial charge in [0.2, 0.25) is 0 Å². The van der Waals surface area contributed by atoms with Crippen molar-refractivity contribution in [1.29, 1.82) is 0 Å². The summed E-state index contributed by atoms with van der Waals surface area (Å²) < 4.78 is 0. The number of rotatable bonds is 2. The smallest absolute Gasteiger partial charge is 0.0289 e. The number of hydrogen-bond donors (Lipinski definition) is 0. The van der Waals surface area contributed by atoms with Gasteiger partial charge in [0, 0.05) is 0 Å². The van der Waals surface area contributed by atoms with Crippen molar-refractivity contribution in [2.45, 2.75) is 79.6 Å². The average Bonchev–Trinajstić information content (AvgIpc) is 2.37. The van der Waals surface area contributed by atoms with Crippen LogP contribution in [-0.4, -0.2) is 0 Å². The predicted octanol–water partition coefficient (Wildman–Crippen LogP) is 5.91. The molecule has 0 heteroatoms. The minimum atomic E-state index is 0.652. The highest BCUT2D eigenvalue weighted by Crippen LogP contribution is 2.70. The first-order valence-electron chi connectivity index (χ1n) is 9.25. The normalized spacial score (nSPS) is 54.8. The van der Waals surface area contributed by atoms with E-state index in [4.69, 9.17) is 0 Å². The van der Waals surface area contributed by atoms with Crippen molar-refractivity contribution in [3.63, 3.8) is 0 Å². The van der Waals surface area contributed by atoms with Crippen molar-refractivity contribution in [2.24, 2.45) is 45.8 Å². The van der Waals surface area contributed by atoms with Crippen LogP contribution >= 0.6 is 0 Å². The summed E-state index contributed by atoms with van der Waals surface area (Å²) in [5.74, 6) is 5.24. The van der Waals surface area contributed by atoms with Gasteiger partial charge in [0.05, 0.1) is 0 Å². The van der Waals surface area contributed by atoms with Gasteiger partial charge in [-0.25, -0.2) is 0 Å². The standard InChI is InChI=1S/C20H34/c1-18(2)14-7-6-13(16(18)10-14)12-20(5)9-8-15-11-17(20)19(15,3)4/h13-17H,6-12H2,1-5H3. The Kier molecular flexibility index (Phi) is 2.63. The maximum absolute atomic E-state index is 2.66. The molecule has 20 heavy (non-hydrogen) atoms. The molecule has 0 aliphatic heterocycles. The minimum absolute atomic E-state index is 0.652. The quantitative estimate of drug-likeness (QED) is 0.587.